The monoisotopic (exact) mass is 829 g/mol. The Kier molecular flexibility index (Phi) is 38.9. The molecule has 0 radical (unpaired) electrons. The molecule has 0 saturated heterocycles. The number of phosphoric acid groups is 1. The standard InChI is InChI=1S/C47H90NO8P/c1-6-8-10-12-14-16-18-20-22-23-24-25-26-28-30-32-34-36-38-40-47(50)56-45(44-55-57(51,52)54-42-41-48(3,4)5)43-53-46(49)39-37-35-33-31-29-27-21-19-17-15-13-11-9-7-2/h14,16,20,22,45H,6-13,15,17-19,21,23-44H2,1-5H3/p+1/b16-14-,22-20-/t45-/m1/s1. The van der Waals surface area contributed by atoms with Crippen LogP contribution in [0.2, 0.25) is 0 Å². The Balaban J connectivity index is 4.29. The zero-order valence-electron chi connectivity index (χ0n) is 37.8. The van der Waals surface area contributed by atoms with E-state index in [0.29, 0.717) is 23.9 Å². The van der Waals surface area contributed by atoms with Crippen molar-refractivity contribution in [1.82, 2.24) is 0 Å². The first-order valence-electron chi connectivity index (χ1n) is 23.6. The van der Waals surface area contributed by atoms with E-state index in [4.69, 9.17) is 18.5 Å². The Morgan fingerprint density at radius 2 is 0.947 bits per heavy atom. The average Bonchev–Trinajstić information content (AvgIpc) is 3.16. The van der Waals surface area contributed by atoms with Crippen molar-refractivity contribution in [3.05, 3.63) is 24.3 Å². The molecule has 0 amide bonds. The molecule has 0 heterocycles. The lowest BCUT2D eigenvalue weighted by atomic mass is 10.0. The van der Waals surface area contributed by atoms with Gasteiger partial charge in [-0.3, -0.25) is 18.6 Å². The van der Waals surface area contributed by atoms with Gasteiger partial charge in [-0.05, 0) is 44.9 Å². The number of unbranched alkanes of at least 4 members (excludes halogenated alkanes) is 25. The van der Waals surface area contributed by atoms with Crippen molar-refractivity contribution in [3.8, 4) is 0 Å². The van der Waals surface area contributed by atoms with Gasteiger partial charge in [0, 0.05) is 12.8 Å². The van der Waals surface area contributed by atoms with Gasteiger partial charge >= 0.3 is 19.8 Å². The smallest absolute Gasteiger partial charge is 0.462 e. The first-order valence-corrected chi connectivity index (χ1v) is 25.1. The van der Waals surface area contributed by atoms with Gasteiger partial charge in [0.05, 0.1) is 27.7 Å². The fourth-order valence-electron chi connectivity index (χ4n) is 6.52. The van der Waals surface area contributed by atoms with Gasteiger partial charge in [-0.25, -0.2) is 4.57 Å². The Hall–Kier alpha value is -1.51. The van der Waals surface area contributed by atoms with Gasteiger partial charge in [-0.15, -0.1) is 0 Å². The molecule has 0 aromatic rings. The molecule has 2 atom stereocenters. The van der Waals surface area contributed by atoms with E-state index in [2.05, 4.69) is 38.2 Å². The second-order valence-electron chi connectivity index (χ2n) is 17.1. The Morgan fingerprint density at radius 1 is 0.544 bits per heavy atom. The molecule has 0 aliphatic rings. The Morgan fingerprint density at radius 3 is 1.42 bits per heavy atom. The van der Waals surface area contributed by atoms with Gasteiger partial charge in [0.15, 0.2) is 6.10 Å². The predicted octanol–water partition coefficient (Wildman–Crippen LogP) is 13.5. The lowest BCUT2D eigenvalue weighted by Crippen LogP contribution is -2.37. The van der Waals surface area contributed by atoms with Gasteiger partial charge in [-0.2, -0.15) is 0 Å². The fraction of sp³-hybridized carbons (Fsp3) is 0.872. The maximum Gasteiger partial charge on any atom is 0.472 e. The summed E-state index contributed by atoms with van der Waals surface area (Å²) in [7, 11) is 1.48. The number of hydrogen-bond acceptors (Lipinski definition) is 7. The van der Waals surface area contributed by atoms with Crippen molar-refractivity contribution < 1.29 is 42.1 Å². The second-order valence-corrected chi connectivity index (χ2v) is 18.6. The molecule has 336 valence electrons. The van der Waals surface area contributed by atoms with Crippen LogP contribution in [-0.2, 0) is 32.7 Å². The minimum atomic E-state index is -4.37. The summed E-state index contributed by atoms with van der Waals surface area (Å²) in [6, 6.07) is 0. The van der Waals surface area contributed by atoms with Crippen LogP contribution in [0.1, 0.15) is 213 Å². The molecule has 10 heteroatoms. The molecule has 1 unspecified atom stereocenters. The zero-order valence-corrected chi connectivity index (χ0v) is 38.7. The van der Waals surface area contributed by atoms with Crippen LogP contribution >= 0.6 is 7.82 Å². The van der Waals surface area contributed by atoms with Crippen LogP contribution in [0.3, 0.4) is 0 Å². The molecule has 57 heavy (non-hydrogen) atoms. The molecule has 0 aromatic carbocycles. The van der Waals surface area contributed by atoms with E-state index < -0.39 is 26.5 Å². The minimum Gasteiger partial charge on any atom is -0.462 e. The first-order chi connectivity index (χ1) is 27.5. The number of likely N-dealkylation sites (N-methyl/N-ethyl adjacent to an activating group) is 1. The predicted molar refractivity (Wildman–Crippen MR) is 238 cm³/mol. The summed E-state index contributed by atoms with van der Waals surface area (Å²) in [5.41, 5.74) is 0. The largest absolute Gasteiger partial charge is 0.472 e. The molecule has 0 bridgehead atoms. The lowest BCUT2D eigenvalue weighted by molar-refractivity contribution is -0.870. The number of quaternary nitrogens is 1. The number of carbonyl (C=O) groups excluding carboxylic acids is 2. The summed E-state index contributed by atoms with van der Waals surface area (Å²) >= 11 is 0. The maximum absolute atomic E-state index is 12.7. The van der Waals surface area contributed by atoms with E-state index in [1.165, 1.54) is 135 Å². The molecule has 0 rings (SSSR count). The summed E-state index contributed by atoms with van der Waals surface area (Å²) in [5, 5.41) is 0. The van der Waals surface area contributed by atoms with Crippen molar-refractivity contribution in [1.29, 1.82) is 0 Å². The Labute approximate surface area is 351 Å². The summed E-state index contributed by atoms with van der Waals surface area (Å²) in [5.74, 6) is -0.794. The van der Waals surface area contributed by atoms with Crippen LogP contribution < -0.4 is 0 Å². The third-order valence-electron chi connectivity index (χ3n) is 10.2. The summed E-state index contributed by atoms with van der Waals surface area (Å²) in [6.07, 6.45) is 43.6. The van der Waals surface area contributed by atoms with Crippen molar-refractivity contribution in [3.63, 3.8) is 0 Å². The highest BCUT2D eigenvalue weighted by Gasteiger charge is 2.27. The number of carbonyl (C=O) groups is 2. The number of ether oxygens (including phenoxy) is 2. The highest BCUT2D eigenvalue weighted by molar-refractivity contribution is 7.47. The average molecular weight is 829 g/mol. The molecule has 0 aromatic heterocycles. The summed E-state index contributed by atoms with van der Waals surface area (Å²) in [4.78, 5) is 35.4. The normalized spacial score (nSPS) is 13.7. The van der Waals surface area contributed by atoms with Crippen LogP contribution in [-0.4, -0.2) is 74.9 Å². The number of allylic oxidation sites excluding steroid dienone is 4. The van der Waals surface area contributed by atoms with Crippen LogP contribution in [0.15, 0.2) is 24.3 Å². The summed E-state index contributed by atoms with van der Waals surface area (Å²) in [6.45, 7) is 4.42. The molecular formula is C47H91NO8P+. The van der Waals surface area contributed by atoms with E-state index in [1.54, 1.807) is 0 Å². The molecule has 0 spiro atoms. The van der Waals surface area contributed by atoms with E-state index in [1.807, 2.05) is 21.1 Å². The highest BCUT2D eigenvalue weighted by Crippen LogP contribution is 2.43. The number of phosphoric ester groups is 1. The van der Waals surface area contributed by atoms with Crippen molar-refractivity contribution in [2.24, 2.45) is 0 Å². The van der Waals surface area contributed by atoms with Gasteiger partial charge < -0.3 is 18.9 Å². The number of hydrogen-bond donors (Lipinski definition) is 1. The molecular weight excluding hydrogens is 737 g/mol. The van der Waals surface area contributed by atoms with Gasteiger partial charge in [0.1, 0.15) is 19.8 Å². The number of esters is 2. The van der Waals surface area contributed by atoms with E-state index in [0.717, 1.165) is 44.9 Å². The van der Waals surface area contributed by atoms with Crippen molar-refractivity contribution >= 4 is 19.8 Å². The minimum absolute atomic E-state index is 0.0328. The second kappa shape index (κ2) is 39.9. The Bertz CT molecular complexity index is 1030. The lowest BCUT2D eigenvalue weighted by Gasteiger charge is -2.24. The van der Waals surface area contributed by atoms with Gasteiger partial charge in [0.25, 0.3) is 0 Å². The topological polar surface area (TPSA) is 108 Å². The SMILES string of the molecule is CCCCC/C=C\C/C=C\CCCCCCCCCCCC(=O)O[C@H](COC(=O)CCCCCCCCCCCCCCCC)COP(=O)(O)OCC[N+](C)(C)C. The third-order valence-corrected chi connectivity index (χ3v) is 11.2. The zero-order chi connectivity index (χ0) is 42.1. The molecule has 0 fully saturated rings. The fourth-order valence-corrected chi connectivity index (χ4v) is 7.26. The third kappa shape index (κ3) is 43.9. The molecule has 9 nitrogen and oxygen atoms in total. The highest BCUT2D eigenvalue weighted by atomic mass is 31.2. The summed E-state index contributed by atoms with van der Waals surface area (Å²) < 4.78 is 34.4. The van der Waals surface area contributed by atoms with Crippen molar-refractivity contribution in [2.45, 2.75) is 219 Å². The van der Waals surface area contributed by atoms with E-state index in [-0.39, 0.29) is 25.6 Å². The molecule has 0 saturated carbocycles. The van der Waals surface area contributed by atoms with E-state index in [9.17, 15) is 19.0 Å². The first kappa shape index (κ1) is 55.5. The molecule has 0 aliphatic carbocycles. The molecule has 1 N–H and O–H groups in total. The number of nitrogens with zero attached hydrogens (tertiary/aromatic N) is 1. The van der Waals surface area contributed by atoms with Crippen molar-refractivity contribution in [2.75, 3.05) is 47.5 Å². The number of rotatable bonds is 43. The van der Waals surface area contributed by atoms with E-state index >= 15 is 0 Å². The quantitative estimate of drug-likeness (QED) is 0.0213. The van der Waals surface area contributed by atoms with Crippen LogP contribution in [0.4, 0.5) is 0 Å². The molecule has 0 aliphatic heterocycles. The van der Waals surface area contributed by atoms with Crippen LogP contribution in [0.25, 0.3) is 0 Å². The maximum atomic E-state index is 12.7. The van der Waals surface area contributed by atoms with Crippen LogP contribution in [0.5, 0.6) is 0 Å². The van der Waals surface area contributed by atoms with Crippen LogP contribution in [0, 0.1) is 0 Å². The van der Waals surface area contributed by atoms with Gasteiger partial charge in [0.2, 0.25) is 0 Å². The van der Waals surface area contributed by atoms with Gasteiger partial charge in [-0.1, -0.05) is 179 Å².